The average Bonchev–Trinajstić information content (AvgIpc) is 2.71. The van der Waals surface area contributed by atoms with E-state index in [2.05, 4.69) is 41.4 Å². The van der Waals surface area contributed by atoms with E-state index in [0.29, 0.717) is 12.1 Å². The van der Waals surface area contributed by atoms with E-state index in [1.807, 2.05) is 49.9 Å². The lowest BCUT2D eigenvalue weighted by atomic mass is 10.1. The molecule has 1 saturated heterocycles. The van der Waals surface area contributed by atoms with Crippen molar-refractivity contribution in [3.8, 4) is 0 Å². The molecule has 2 aromatic rings. The Bertz CT molecular complexity index is 895. The molecule has 0 radical (unpaired) electrons. The zero-order valence-corrected chi connectivity index (χ0v) is 19.0. The van der Waals surface area contributed by atoms with Crippen molar-refractivity contribution in [2.24, 2.45) is 0 Å². The number of aryl methyl sites for hydroxylation is 1. The molecule has 2 aromatic carbocycles. The highest BCUT2D eigenvalue weighted by Gasteiger charge is 2.22. The molecule has 1 heterocycles. The summed E-state index contributed by atoms with van der Waals surface area (Å²) in [7, 11) is 0. The van der Waals surface area contributed by atoms with Gasteiger partial charge in [0.1, 0.15) is 5.60 Å². The number of nitrogens with zero attached hydrogens (tertiary/aromatic N) is 2. The molecule has 0 unspecified atom stereocenters. The summed E-state index contributed by atoms with van der Waals surface area (Å²) in [5, 5.41) is 2.73. The number of rotatable bonds is 5. The molecule has 6 nitrogen and oxygen atoms in total. The van der Waals surface area contributed by atoms with Crippen LogP contribution in [-0.4, -0.2) is 53.6 Å². The Hall–Kier alpha value is -2.86. The first-order valence-electron chi connectivity index (χ1n) is 10.8. The molecule has 0 atom stereocenters. The Morgan fingerprint density at radius 1 is 0.968 bits per heavy atom. The summed E-state index contributed by atoms with van der Waals surface area (Å²) in [5.74, 6) is 0.0573. The number of hydrogen-bond donors (Lipinski definition) is 1. The fourth-order valence-corrected chi connectivity index (χ4v) is 3.61. The smallest absolute Gasteiger partial charge is 0.407 e. The minimum Gasteiger partial charge on any atom is -0.444 e. The molecule has 0 saturated carbocycles. The number of nitrogens with one attached hydrogen (secondary N) is 1. The molecule has 3 rings (SSSR count). The van der Waals surface area contributed by atoms with Crippen molar-refractivity contribution < 1.29 is 14.3 Å². The Morgan fingerprint density at radius 3 is 2.26 bits per heavy atom. The van der Waals surface area contributed by atoms with Gasteiger partial charge < -0.3 is 15.0 Å². The van der Waals surface area contributed by atoms with Crippen LogP contribution in [0.1, 0.15) is 47.8 Å². The third-order valence-electron chi connectivity index (χ3n) is 5.18. The average molecular weight is 424 g/mol. The van der Waals surface area contributed by atoms with Gasteiger partial charge in [0.2, 0.25) is 0 Å². The van der Waals surface area contributed by atoms with Crippen molar-refractivity contribution in [1.82, 2.24) is 15.1 Å². The molecule has 1 fully saturated rings. The van der Waals surface area contributed by atoms with Gasteiger partial charge >= 0.3 is 6.09 Å². The second-order valence-electron chi connectivity index (χ2n) is 9.11. The summed E-state index contributed by atoms with van der Waals surface area (Å²) in [6.07, 6.45) is -0.448. The maximum atomic E-state index is 12.9. The molecule has 0 aromatic heterocycles. The standard InChI is InChI=1S/C25H33N3O3/c1-19-6-5-7-21(16-19)18-27-12-14-28(15-13-27)23(29)22-10-8-20(9-11-22)17-26-24(30)31-25(2,3)4/h5-11,16H,12-15,17-18H2,1-4H3,(H,26,30). The molecule has 0 bridgehead atoms. The number of carbonyl (C=O) groups excluding carboxylic acids is 2. The summed E-state index contributed by atoms with van der Waals surface area (Å²) in [6, 6.07) is 16.0. The van der Waals surface area contributed by atoms with Gasteiger partial charge in [-0.2, -0.15) is 0 Å². The normalized spacial score (nSPS) is 14.9. The van der Waals surface area contributed by atoms with E-state index in [4.69, 9.17) is 4.74 Å². The molecule has 2 amide bonds. The van der Waals surface area contributed by atoms with Crippen molar-refractivity contribution in [3.05, 3.63) is 70.8 Å². The number of amides is 2. The second kappa shape index (κ2) is 9.96. The van der Waals surface area contributed by atoms with Gasteiger partial charge in [0.15, 0.2) is 0 Å². The van der Waals surface area contributed by atoms with E-state index in [1.54, 1.807) is 0 Å². The van der Waals surface area contributed by atoms with Crippen LogP contribution < -0.4 is 5.32 Å². The van der Waals surface area contributed by atoms with E-state index in [0.717, 1.165) is 38.3 Å². The predicted molar refractivity (Wildman–Crippen MR) is 122 cm³/mol. The molecule has 166 valence electrons. The fraction of sp³-hybridized carbons (Fsp3) is 0.440. The van der Waals surface area contributed by atoms with Crippen LogP contribution >= 0.6 is 0 Å². The highest BCUT2D eigenvalue weighted by Crippen LogP contribution is 2.14. The maximum Gasteiger partial charge on any atom is 0.407 e. The summed E-state index contributed by atoms with van der Waals surface area (Å²) < 4.78 is 5.24. The molecule has 0 spiro atoms. The number of piperazine rings is 1. The lowest BCUT2D eigenvalue weighted by molar-refractivity contribution is 0.0522. The first kappa shape index (κ1) is 22.8. The highest BCUT2D eigenvalue weighted by atomic mass is 16.6. The van der Waals surface area contributed by atoms with Gasteiger partial charge in [-0.15, -0.1) is 0 Å². The maximum absolute atomic E-state index is 12.9. The van der Waals surface area contributed by atoms with Gasteiger partial charge in [-0.25, -0.2) is 4.79 Å². The van der Waals surface area contributed by atoms with E-state index < -0.39 is 11.7 Å². The monoisotopic (exact) mass is 423 g/mol. The quantitative estimate of drug-likeness (QED) is 0.790. The van der Waals surface area contributed by atoms with Crippen molar-refractivity contribution in [1.29, 1.82) is 0 Å². The van der Waals surface area contributed by atoms with Gasteiger partial charge in [-0.05, 0) is 51.0 Å². The first-order valence-corrected chi connectivity index (χ1v) is 10.8. The topological polar surface area (TPSA) is 61.9 Å². The minimum absolute atomic E-state index is 0.0573. The second-order valence-corrected chi connectivity index (χ2v) is 9.11. The van der Waals surface area contributed by atoms with Gasteiger partial charge in [-0.3, -0.25) is 9.69 Å². The van der Waals surface area contributed by atoms with Crippen LogP contribution in [0.4, 0.5) is 4.79 Å². The molecule has 1 aliphatic heterocycles. The Kier molecular flexibility index (Phi) is 7.33. The first-order chi connectivity index (χ1) is 14.7. The highest BCUT2D eigenvalue weighted by molar-refractivity contribution is 5.94. The zero-order valence-electron chi connectivity index (χ0n) is 19.0. The van der Waals surface area contributed by atoms with Gasteiger partial charge in [0.05, 0.1) is 0 Å². The molecular weight excluding hydrogens is 390 g/mol. The molecule has 31 heavy (non-hydrogen) atoms. The lowest BCUT2D eigenvalue weighted by Gasteiger charge is -2.34. The molecule has 0 aliphatic carbocycles. The van der Waals surface area contributed by atoms with Crippen LogP contribution in [0.5, 0.6) is 0 Å². The Morgan fingerprint density at radius 2 is 1.65 bits per heavy atom. The summed E-state index contributed by atoms with van der Waals surface area (Å²) in [6.45, 7) is 12.1. The Balaban J connectivity index is 1.47. The number of alkyl carbamates (subject to hydrolysis) is 1. The van der Waals surface area contributed by atoms with Gasteiger partial charge in [0.25, 0.3) is 5.91 Å². The van der Waals surface area contributed by atoms with Crippen molar-refractivity contribution >= 4 is 12.0 Å². The zero-order chi connectivity index (χ0) is 22.4. The largest absolute Gasteiger partial charge is 0.444 e. The van der Waals surface area contributed by atoms with Crippen LogP contribution in [0, 0.1) is 6.92 Å². The molecular formula is C25H33N3O3. The van der Waals surface area contributed by atoms with E-state index in [1.165, 1.54) is 11.1 Å². The number of hydrogen-bond acceptors (Lipinski definition) is 4. The number of benzene rings is 2. The SMILES string of the molecule is Cc1cccc(CN2CCN(C(=O)c3ccc(CNC(=O)OC(C)(C)C)cc3)CC2)c1. The van der Waals surface area contributed by atoms with Crippen molar-refractivity contribution in [2.45, 2.75) is 46.4 Å². The molecule has 1 N–H and O–H groups in total. The number of ether oxygens (including phenoxy) is 1. The third kappa shape index (κ3) is 7.10. The van der Waals surface area contributed by atoms with Gasteiger partial charge in [-0.1, -0.05) is 42.0 Å². The molecule has 1 aliphatic rings. The predicted octanol–water partition coefficient (Wildman–Crippen LogP) is 3.98. The van der Waals surface area contributed by atoms with E-state index in [9.17, 15) is 9.59 Å². The van der Waals surface area contributed by atoms with Crippen LogP contribution in [0.15, 0.2) is 48.5 Å². The summed E-state index contributed by atoms with van der Waals surface area (Å²) in [4.78, 5) is 28.9. The van der Waals surface area contributed by atoms with Crippen LogP contribution in [-0.2, 0) is 17.8 Å². The lowest BCUT2D eigenvalue weighted by Crippen LogP contribution is -2.48. The van der Waals surface area contributed by atoms with E-state index in [-0.39, 0.29) is 5.91 Å². The third-order valence-corrected chi connectivity index (χ3v) is 5.18. The minimum atomic E-state index is -0.523. The Labute approximate surface area is 185 Å². The molecule has 6 heteroatoms. The fourth-order valence-electron chi connectivity index (χ4n) is 3.61. The van der Waals surface area contributed by atoms with Crippen LogP contribution in [0.2, 0.25) is 0 Å². The summed E-state index contributed by atoms with van der Waals surface area (Å²) >= 11 is 0. The van der Waals surface area contributed by atoms with E-state index >= 15 is 0 Å². The van der Waals surface area contributed by atoms with Gasteiger partial charge in [0, 0.05) is 44.8 Å². The van der Waals surface area contributed by atoms with Crippen molar-refractivity contribution in [2.75, 3.05) is 26.2 Å². The number of carbonyl (C=O) groups is 2. The summed E-state index contributed by atoms with van der Waals surface area (Å²) in [5.41, 5.74) is 3.66. The van der Waals surface area contributed by atoms with Crippen LogP contribution in [0.3, 0.4) is 0 Å². The van der Waals surface area contributed by atoms with Crippen LogP contribution in [0.25, 0.3) is 0 Å². The van der Waals surface area contributed by atoms with Crippen molar-refractivity contribution in [3.63, 3.8) is 0 Å².